The molecule has 0 saturated carbocycles. The Kier molecular flexibility index (Phi) is 8.25. The fourth-order valence-corrected chi connectivity index (χ4v) is 5.95. The van der Waals surface area contributed by atoms with Crippen molar-refractivity contribution < 1.29 is 19.1 Å². The van der Waals surface area contributed by atoms with E-state index in [0.717, 1.165) is 16.3 Å². The first-order chi connectivity index (χ1) is 18.9. The molecule has 2 aromatic heterocycles. The summed E-state index contributed by atoms with van der Waals surface area (Å²) in [4.78, 5) is 47.8. The van der Waals surface area contributed by atoms with E-state index in [4.69, 9.17) is 4.74 Å². The van der Waals surface area contributed by atoms with Crippen LogP contribution in [0.5, 0.6) is 5.75 Å². The van der Waals surface area contributed by atoms with Crippen LogP contribution in [-0.2, 0) is 22.6 Å². The molecule has 1 aromatic carbocycles. The molecule has 0 spiro atoms. The van der Waals surface area contributed by atoms with Crippen LogP contribution in [-0.4, -0.2) is 81.6 Å². The molecule has 4 heterocycles. The minimum absolute atomic E-state index is 0.00703. The van der Waals surface area contributed by atoms with Crippen LogP contribution in [0.15, 0.2) is 41.9 Å². The number of carbonyl (C=O) groups is 3. The smallest absolute Gasteiger partial charge is 0.272 e. The number of nitrogens with one attached hydrogen (secondary N) is 1. The molecule has 2 aliphatic heterocycles. The number of aryl methyl sites for hydroxylation is 2. The molecule has 39 heavy (non-hydrogen) atoms. The van der Waals surface area contributed by atoms with Gasteiger partial charge in [-0.3, -0.25) is 19.1 Å². The molecular formula is C28H34N6O4S. The van der Waals surface area contributed by atoms with E-state index in [-0.39, 0.29) is 30.1 Å². The van der Waals surface area contributed by atoms with E-state index in [1.165, 1.54) is 11.3 Å². The number of aromatic nitrogens is 3. The van der Waals surface area contributed by atoms with E-state index >= 15 is 0 Å². The Bertz CT molecular complexity index is 1340. The Morgan fingerprint density at radius 3 is 2.79 bits per heavy atom. The molecule has 5 rings (SSSR count). The summed E-state index contributed by atoms with van der Waals surface area (Å²) in [6.45, 7) is 6.98. The number of likely N-dealkylation sites (tertiary alicyclic amines) is 1. The average Bonchev–Trinajstić information content (AvgIpc) is 3.69. The van der Waals surface area contributed by atoms with Crippen molar-refractivity contribution in [3.05, 3.63) is 63.9 Å². The normalized spacial score (nSPS) is 20.1. The number of ether oxygens (including phenoxy) is 1. The Morgan fingerprint density at radius 1 is 1.15 bits per heavy atom. The number of fused-ring (bicyclic) bond motifs is 4. The fourth-order valence-electron chi connectivity index (χ4n) is 5.34. The predicted octanol–water partition coefficient (Wildman–Crippen LogP) is 2.49. The molecule has 10 nitrogen and oxygen atoms in total. The molecule has 2 atom stereocenters. The second-order valence-corrected chi connectivity index (χ2v) is 11.0. The third-order valence-electron chi connectivity index (χ3n) is 7.35. The van der Waals surface area contributed by atoms with Crippen LogP contribution in [0.2, 0.25) is 0 Å². The molecule has 3 amide bonds. The highest BCUT2D eigenvalue weighted by Gasteiger charge is 2.41. The number of hydrogen-bond acceptors (Lipinski definition) is 7. The summed E-state index contributed by atoms with van der Waals surface area (Å²) in [5.74, 6) is -0.0794. The predicted molar refractivity (Wildman–Crippen MR) is 147 cm³/mol. The Labute approximate surface area is 232 Å². The number of benzene rings is 1. The fraction of sp³-hybridized carbons (Fsp3) is 0.464. The molecule has 1 fully saturated rings. The van der Waals surface area contributed by atoms with Crippen molar-refractivity contribution in [2.45, 2.75) is 39.2 Å². The minimum Gasteiger partial charge on any atom is -0.492 e. The standard InChI is InChI=1S/C28H34N6O4S/c1-3-34-25(8-10-30-34)28(37)33-16-23-20-6-4-7-22(14-20)38-13-12-32(11-5-9-29-27(36)24(23)17-33)26(35)15-21-18-39-19(2)31-21/h4,6-8,10,14,18,23-24H,3,5,9,11-13,15-17H2,1-2H3,(H,29,36)/t23-,24+/m1/s1. The lowest BCUT2D eigenvalue weighted by Crippen LogP contribution is -2.40. The van der Waals surface area contributed by atoms with E-state index in [1.807, 2.05) is 43.5 Å². The van der Waals surface area contributed by atoms with Gasteiger partial charge in [0, 0.05) is 50.2 Å². The summed E-state index contributed by atoms with van der Waals surface area (Å²) in [7, 11) is 0. The van der Waals surface area contributed by atoms with Crippen molar-refractivity contribution in [3.63, 3.8) is 0 Å². The third-order valence-corrected chi connectivity index (χ3v) is 8.17. The zero-order valence-corrected chi connectivity index (χ0v) is 23.2. The van der Waals surface area contributed by atoms with E-state index in [0.29, 0.717) is 63.7 Å². The molecule has 0 aliphatic carbocycles. The largest absolute Gasteiger partial charge is 0.492 e. The first-order valence-electron chi connectivity index (χ1n) is 13.4. The van der Waals surface area contributed by atoms with Gasteiger partial charge in [-0.2, -0.15) is 5.10 Å². The Hall–Kier alpha value is -3.73. The van der Waals surface area contributed by atoms with E-state index < -0.39 is 5.92 Å². The number of rotatable bonds is 4. The van der Waals surface area contributed by atoms with Crippen molar-refractivity contribution in [1.82, 2.24) is 29.9 Å². The van der Waals surface area contributed by atoms with Gasteiger partial charge in [-0.1, -0.05) is 12.1 Å². The highest BCUT2D eigenvalue weighted by Crippen LogP contribution is 2.35. The number of nitrogens with zero attached hydrogens (tertiary/aromatic N) is 5. The maximum Gasteiger partial charge on any atom is 0.272 e. The van der Waals surface area contributed by atoms with E-state index in [9.17, 15) is 14.4 Å². The van der Waals surface area contributed by atoms with Gasteiger partial charge in [0.1, 0.15) is 18.1 Å². The van der Waals surface area contributed by atoms with Gasteiger partial charge in [0.25, 0.3) is 5.91 Å². The van der Waals surface area contributed by atoms with Crippen LogP contribution in [0, 0.1) is 12.8 Å². The molecule has 3 aromatic rings. The molecule has 2 aliphatic rings. The van der Waals surface area contributed by atoms with Crippen LogP contribution < -0.4 is 10.1 Å². The zero-order valence-electron chi connectivity index (χ0n) is 22.3. The molecule has 206 valence electrons. The summed E-state index contributed by atoms with van der Waals surface area (Å²) in [6, 6.07) is 9.45. The zero-order chi connectivity index (χ0) is 27.4. The minimum atomic E-state index is -0.393. The highest BCUT2D eigenvalue weighted by atomic mass is 32.1. The number of carbonyl (C=O) groups excluding carboxylic acids is 3. The maximum atomic E-state index is 13.4. The summed E-state index contributed by atoms with van der Waals surface area (Å²) in [5.41, 5.74) is 2.26. The van der Waals surface area contributed by atoms with Crippen molar-refractivity contribution in [2.24, 2.45) is 5.92 Å². The average molecular weight is 551 g/mol. The second kappa shape index (κ2) is 12.0. The highest BCUT2D eigenvalue weighted by molar-refractivity contribution is 7.09. The van der Waals surface area contributed by atoms with Crippen molar-refractivity contribution in [2.75, 3.05) is 39.3 Å². The first-order valence-corrected chi connectivity index (χ1v) is 14.3. The van der Waals surface area contributed by atoms with Gasteiger partial charge in [-0.05, 0) is 44.0 Å². The molecule has 1 saturated heterocycles. The van der Waals surface area contributed by atoms with Crippen molar-refractivity contribution in [1.29, 1.82) is 0 Å². The van der Waals surface area contributed by atoms with Crippen LogP contribution in [0.4, 0.5) is 0 Å². The van der Waals surface area contributed by atoms with Crippen molar-refractivity contribution in [3.8, 4) is 5.75 Å². The molecule has 11 heteroatoms. The Morgan fingerprint density at radius 2 is 2.00 bits per heavy atom. The number of thiazole rings is 1. The maximum absolute atomic E-state index is 13.4. The van der Waals surface area contributed by atoms with Crippen molar-refractivity contribution >= 4 is 29.1 Å². The molecule has 0 unspecified atom stereocenters. The molecular weight excluding hydrogens is 516 g/mol. The summed E-state index contributed by atoms with van der Waals surface area (Å²) in [5, 5.41) is 10.2. The monoisotopic (exact) mass is 550 g/mol. The lowest BCUT2D eigenvalue weighted by molar-refractivity contribution is -0.131. The van der Waals surface area contributed by atoms with Gasteiger partial charge in [0.2, 0.25) is 11.8 Å². The SMILES string of the molecule is CCn1nccc1C(=O)N1C[C@@H]2C(=O)NCCCN(C(=O)Cc3csc(C)n3)CCOc3cccc(c3)[C@H]2C1. The van der Waals surface area contributed by atoms with Gasteiger partial charge in [-0.15, -0.1) is 11.3 Å². The van der Waals surface area contributed by atoms with Crippen LogP contribution in [0.1, 0.15) is 46.0 Å². The second-order valence-electron chi connectivity index (χ2n) is 9.94. The van der Waals surface area contributed by atoms with Gasteiger partial charge in [-0.25, -0.2) is 4.98 Å². The summed E-state index contributed by atoms with van der Waals surface area (Å²) >= 11 is 1.53. The summed E-state index contributed by atoms with van der Waals surface area (Å²) in [6.07, 6.45) is 2.49. The van der Waals surface area contributed by atoms with Gasteiger partial charge in [0.05, 0.1) is 29.6 Å². The number of amides is 3. The summed E-state index contributed by atoms with van der Waals surface area (Å²) < 4.78 is 7.74. The van der Waals surface area contributed by atoms with Crippen LogP contribution >= 0.6 is 11.3 Å². The van der Waals surface area contributed by atoms with E-state index in [2.05, 4.69) is 15.4 Å². The lowest BCUT2D eigenvalue weighted by atomic mass is 9.88. The topological polar surface area (TPSA) is 110 Å². The van der Waals surface area contributed by atoms with Crippen LogP contribution in [0.25, 0.3) is 0 Å². The van der Waals surface area contributed by atoms with Gasteiger partial charge < -0.3 is 19.9 Å². The lowest BCUT2D eigenvalue weighted by Gasteiger charge is -2.24. The molecule has 1 N–H and O–H groups in total. The molecule has 0 radical (unpaired) electrons. The van der Waals surface area contributed by atoms with Gasteiger partial charge >= 0.3 is 0 Å². The Balaban J connectivity index is 1.33. The molecule has 2 bridgehead atoms. The first kappa shape index (κ1) is 26.9. The van der Waals surface area contributed by atoms with Gasteiger partial charge in [0.15, 0.2) is 0 Å². The third kappa shape index (κ3) is 6.13. The van der Waals surface area contributed by atoms with Crippen LogP contribution in [0.3, 0.4) is 0 Å². The number of hydrogen-bond donors (Lipinski definition) is 1. The quantitative estimate of drug-likeness (QED) is 0.535. The van der Waals surface area contributed by atoms with E-state index in [1.54, 1.807) is 26.7 Å².